The molecule has 3 rings (SSSR count). The molecule has 6 nitrogen and oxygen atoms in total. The molecule has 0 aromatic heterocycles. The van der Waals surface area contributed by atoms with E-state index in [1.165, 1.54) is 22.5 Å². The number of hydrogen-bond donors (Lipinski definition) is 1. The molecule has 162 valence electrons. The summed E-state index contributed by atoms with van der Waals surface area (Å²) in [6, 6.07) is 18.7. The number of halogens is 1. The largest absolute Gasteiger partial charge is 0.484 e. The monoisotopic (exact) mass is 442 g/mol. The van der Waals surface area contributed by atoms with Crippen molar-refractivity contribution < 1.29 is 22.3 Å². The van der Waals surface area contributed by atoms with Gasteiger partial charge in [-0.15, -0.1) is 0 Å². The molecule has 0 saturated carbocycles. The second kappa shape index (κ2) is 9.61. The molecule has 3 aromatic rings. The van der Waals surface area contributed by atoms with E-state index in [4.69, 9.17) is 4.74 Å². The van der Waals surface area contributed by atoms with Crippen LogP contribution in [0.15, 0.2) is 77.7 Å². The van der Waals surface area contributed by atoms with Crippen LogP contribution in [0.3, 0.4) is 0 Å². The minimum atomic E-state index is -3.70. The summed E-state index contributed by atoms with van der Waals surface area (Å²) < 4.78 is 45.9. The number of ether oxygens (including phenoxy) is 1. The molecule has 0 aliphatic carbocycles. The van der Waals surface area contributed by atoms with Gasteiger partial charge in [0.25, 0.3) is 15.9 Å². The van der Waals surface area contributed by atoms with Crippen LogP contribution in [0.1, 0.15) is 12.5 Å². The van der Waals surface area contributed by atoms with Crippen molar-refractivity contribution in [3.05, 3.63) is 84.2 Å². The fourth-order valence-corrected chi connectivity index (χ4v) is 4.42. The normalized spacial score (nSPS) is 11.1. The Kier molecular flexibility index (Phi) is 6.91. The number of hydrogen-bond acceptors (Lipinski definition) is 4. The standard InChI is InChI=1S/C23H23FN2O4S/c1-3-26(31(28,29)22-13-7-17(2)8-14-22)20-9-11-21(12-10-20)30-16-23(27)25-19-6-4-5-18(24)15-19/h4-15H,3,16H2,1-2H3,(H,25,27). The van der Waals surface area contributed by atoms with E-state index >= 15 is 0 Å². The third-order valence-electron chi connectivity index (χ3n) is 4.50. The molecule has 3 aromatic carbocycles. The summed E-state index contributed by atoms with van der Waals surface area (Å²) in [6.07, 6.45) is 0. The van der Waals surface area contributed by atoms with Crippen LogP contribution in [0, 0.1) is 12.7 Å². The average molecular weight is 443 g/mol. The van der Waals surface area contributed by atoms with Crippen molar-refractivity contribution in [1.82, 2.24) is 0 Å². The number of anilines is 2. The Morgan fingerprint density at radius 2 is 1.71 bits per heavy atom. The predicted octanol–water partition coefficient (Wildman–Crippen LogP) is 4.37. The Morgan fingerprint density at radius 1 is 1.03 bits per heavy atom. The number of carbonyl (C=O) groups excluding carboxylic acids is 1. The highest BCUT2D eigenvalue weighted by atomic mass is 32.2. The molecule has 0 unspecified atom stereocenters. The van der Waals surface area contributed by atoms with Crippen LogP contribution < -0.4 is 14.4 Å². The number of carbonyl (C=O) groups is 1. The van der Waals surface area contributed by atoms with Crippen LogP contribution in [0.4, 0.5) is 15.8 Å². The fourth-order valence-electron chi connectivity index (χ4n) is 2.95. The highest BCUT2D eigenvalue weighted by Crippen LogP contribution is 2.26. The Bertz CT molecular complexity index is 1150. The van der Waals surface area contributed by atoms with Crippen molar-refractivity contribution in [2.45, 2.75) is 18.7 Å². The lowest BCUT2D eigenvalue weighted by atomic mass is 10.2. The van der Waals surface area contributed by atoms with Gasteiger partial charge in [-0.25, -0.2) is 12.8 Å². The van der Waals surface area contributed by atoms with Crippen molar-refractivity contribution in [1.29, 1.82) is 0 Å². The number of sulfonamides is 1. The van der Waals surface area contributed by atoms with Gasteiger partial charge in [0.15, 0.2) is 6.61 Å². The third-order valence-corrected chi connectivity index (χ3v) is 6.42. The lowest BCUT2D eigenvalue weighted by Crippen LogP contribution is -2.30. The fraction of sp³-hybridized carbons (Fsp3) is 0.174. The first-order valence-corrected chi connectivity index (χ1v) is 11.1. The summed E-state index contributed by atoms with van der Waals surface area (Å²) in [4.78, 5) is 12.2. The smallest absolute Gasteiger partial charge is 0.264 e. The van der Waals surface area contributed by atoms with E-state index in [-0.39, 0.29) is 18.0 Å². The van der Waals surface area contributed by atoms with E-state index in [9.17, 15) is 17.6 Å². The quantitative estimate of drug-likeness (QED) is 0.562. The molecule has 0 heterocycles. The molecule has 0 spiro atoms. The number of nitrogens with zero attached hydrogens (tertiary/aromatic N) is 1. The molecule has 0 atom stereocenters. The van der Waals surface area contributed by atoms with Crippen molar-refractivity contribution in [3.8, 4) is 5.75 Å². The molecule has 0 radical (unpaired) electrons. The molecule has 0 bridgehead atoms. The minimum absolute atomic E-state index is 0.217. The zero-order chi connectivity index (χ0) is 22.4. The van der Waals surface area contributed by atoms with Crippen LogP contribution >= 0.6 is 0 Å². The molecule has 1 amide bonds. The van der Waals surface area contributed by atoms with Crippen LogP contribution in [0.5, 0.6) is 5.75 Å². The van der Waals surface area contributed by atoms with Crippen molar-refractivity contribution in [2.75, 3.05) is 22.8 Å². The van der Waals surface area contributed by atoms with Gasteiger partial charge in [-0.3, -0.25) is 9.10 Å². The number of aryl methyl sites for hydroxylation is 1. The van der Waals surface area contributed by atoms with E-state index < -0.39 is 21.7 Å². The average Bonchev–Trinajstić information content (AvgIpc) is 2.74. The van der Waals surface area contributed by atoms with Crippen molar-refractivity contribution in [2.24, 2.45) is 0 Å². The zero-order valence-corrected chi connectivity index (χ0v) is 18.0. The van der Waals surface area contributed by atoms with Gasteiger partial charge in [0.2, 0.25) is 0 Å². The zero-order valence-electron chi connectivity index (χ0n) is 17.2. The van der Waals surface area contributed by atoms with Gasteiger partial charge in [-0.05, 0) is 68.4 Å². The highest BCUT2D eigenvalue weighted by molar-refractivity contribution is 7.92. The second-order valence-corrected chi connectivity index (χ2v) is 8.69. The number of nitrogens with one attached hydrogen (secondary N) is 1. The predicted molar refractivity (Wildman–Crippen MR) is 118 cm³/mol. The van der Waals surface area contributed by atoms with E-state index in [0.717, 1.165) is 5.56 Å². The van der Waals surface area contributed by atoms with Crippen LogP contribution in [0.2, 0.25) is 0 Å². The van der Waals surface area contributed by atoms with E-state index in [1.54, 1.807) is 61.5 Å². The van der Waals surface area contributed by atoms with Gasteiger partial charge in [0.05, 0.1) is 10.6 Å². The van der Waals surface area contributed by atoms with Crippen molar-refractivity contribution >= 4 is 27.3 Å². The molecule has 31 heavy (non-hydrogen) atoms. The molecule has 0 aliphatic rings. The second-order valence-electron chi connectivity index (χ2n) is 6.82. The SMILES string of the molecule is CCN(c1ccc(OCC(=O)Nc2cccc(F)c2)cc1)S(=O)(=O)c1ccc(C)cc1. The van der Waals surface area contributed by atoms with Crippen LogP contribution in [0.25, 0.3) is 0 Å². The maximum Gasteiger partial charge on any atom is 0.264 e. The first-order valence-electron chi connectivity index (χ1n) is 9.67. The first-order chi connectivity index (χ1) is 14.8. The maximum absolute atomic E-state index is 13.2. The topological polar surface area (TPSA) is 75.7 Å². The van der Waals surface area contributed by atoms with Gasteiger partial charge in [0, 0.05) is 12.2 Å². The van der Waals surface area contributed by atoms with E-state index in [1.807, 2.05) is 6.92 Å². The highest BCUT2D eigenvalue weighted by Gasteiger charge is 2.23. The van der Waals surface area contributed by atoms with Gasteiger partial charge in [-0.2, -0.15) is 0 Å². The van der Waals surface area contributed by atoms with Gasteiger partial charge >= 0.3 is 0 Å². The van der Waals surface area contributed by atoms with Gasteiger partial charge in [0.1, 0.15) is 11.6 Å². The lowest BCUT2D eigenvalue weighted by molar-refractivity contribution is -0.118. The van der Waals surface area contributed by atoms with Gasteiger partial charge in [-0.1, -0.05) is 23.8 Å². The Balaban J connectivity index is 1.65. The number of benzene rings is 3. The summed E-state index contributed by atoms with van der Waals surface area (Å²) >= 11 is 0. The molecule has 0 fully saturated rings. The Labute approximate surface area is 181 Å². The molecule has 0 saturated heterocycles. The Morgan fingerprint density at radius 3 is 2.32 bits per heavy atom. The van der Waals surface area contributed by atoms with Crippen LogP contribution in [-0.2, 0) is 14.8 Å². The number of rotatable bonds is 8. The third kappa shape index (κ3) is 5.61. The lowest BCUT2D eigenvalue weighted by Gasteiger charge is -2.23. The molecule has 8 heteroatoms. The van der Waals surface area contributed by atoms with Crippen LogP contribution in [-0.4, -0.2) is 27.5 Å². The maximum atomic E-state index is 13.2. The molecular formula is C23H23FN2O4S. The molecule has 0 aliphatic heterocycles. The minimum Gasteiger partial charge on any atom is -0.484 e. The summed E-state index contributed by atoms with van der Waals surface area (Å²) in [6.45, 7) is 3.64. The summed E-state index contributed by atoms with van der Waals surface area (Å²) in [5.41, 5.74) is 1.80. The van der Waals surface area contributed by atoms with Crippen molar-refractivity contribution in [3.63, 3.8) is 0 Å². The summed E-state index contributed by atoms with van der Waals surface area (Å²) in [5.74, 6) is -0.482. The molecular weight excluding hydrogens is 419 g/mol. The Hall–Kier alpha value is -3.39. The first kappa shape index (κ1) is 22.3. The van der Waals surface area contributed by atoms with Gasteiger partial charge < -0.3 is 10.1 Å². The summed E-state index contributed by atoms with van der Waals surface area (Å²) in [5, 5.41) is 2.54. The van der Waals surface area contributed by atoms with E-state index in [0.29, 0.717) is 17.1 Å². The summed E-state index contributed by atoms with van der Waals surface area (Å²) in [7, 11) is -3.70. The van der Waals surface area contributed by atoms with E-state index in [2.05, 4.69) is 5.32 Å². The molecule has 1 N–H and O–H groups in total. The number of amides is 1.